The van der Waals surface area contributed by atoms with Crippen LogP contribution in [0.3, 0.4) is 0 Å². The van der Waals surface area contributed by atoms with Gasteiger partial charge < -0.3 is 4.74 Å². The quantitative estimate of drug-likeness (QED) is 0.610. The van der Waals surface area contributed by atoms with Gasteiger partial charge in [-0.3, -0.25) is 0 Å². The molecule has 0 amide bonds. The highest BCUT2D eigenvalue weighted by Crippen LogP contribution is 2.32. The molecule has 0 aliphatic carbocycles. The Hall–Kier alpha value is -1.24. The summed E-state index contributed by atoms with van der Waals surface area (Å²) < 4.78 is 5.84. The number of rotatable bonds is 7. The Bertz CT molecular complexity index is 355. The molecule has 1 atom stereocenters. The Kier molecular flexibility index (Phi) is 5.82. The highest BCUT2D eigenvalue weighted by atomic mass is 16.5. The third kappa shape index (κ3) is 3.92. The fourth-order valence-electron chi connectivity index (χ4n) is 2.05. The summed E-state index contributed by atoms with van der Waals surface area (Å²) in [6.07, 6.45) is 5.19. The molecule has 0 aliphatic rings. The van der Waals surface area contributed by atoms with E-state index in [2.05, 4.69) is 45.5 Å². The maximum Gasteiger partial charge on any atom is 0.122 e. The van der Waals surface area contributed by atoms with Crippen LogP contribution in [0.4, 0.5) is 0 Å². The van der Waals surface area contributed by atoms with Gasteiger partial charge >= 0.3 is 0 Å². The summed E-state index contributed by atoms with van der Waals surface area (Å²) in [6, 6.07) is 6.48. The number of aryl methyl sites for hydroxylation is 1. The molecule has 1 aromatic carbocycles. The standard InChI is InChI=1S/C16H24O/c1-5-8-14(7-3)15-12-13(4)9-10-16(15)17-11-6-2/h5,9-10,12,14H,1,6-8,11H2,2-4H3. The maximum absolute atomic E-state index is 5.84. The molecule has 1 heteroatoms. The second-order valence-corrected chi connectivity index (χ2v) is 4.52. The van der Waals surface area contributed by atoms with Gasteiger partial charge in [0, 0.05) is 0 Å². The van der Waals surface area contributed by atoms with Gasteiger partial charge in [-0.15, -0.1) is 6.58 Å². The Morgan fingerprint density at radius 1 is 1.35 bits per heavy atom. The van der Waals surface area contributed by atoms with Gasteiger partial charge in [0.25, 0.3) is 0 Å². The van der Waals surface area contributed by atoms with Crippen LogP contribution in [0.5, 0.6) is 5.75 Å². The van der Waals surface area contributed by atoms with Crippen LogP contribution >= 0.6 is 0 Å². The number of hydrogen-bond acceptors (Lipinski definition) is 1. The van der Waals surface area contributed by atoms with E-state index in [1.165, 1.54) is 11.1 Å². The van der Waals surface area contributed by atoms with Gasteiger partial charge in [-0.2, -0.15) is 0 Å². The predicted molar refractivity (Wildman–Crippen MR) is 74.8 cm³/mol. The summed E-state index contributed by atoms with van der Waals surface area (Å²) in [5, 5.41) is 0. The molecule has 1 nitrogen and oxygen atoms in total. The van der Waals surface area contributed by atoms with Crippen molar-refractivity contribution in [3.05, 3.63) is 42.0 Å². The molecular formula is C16H24O. The molecule has 0 bridgehead atoms. The molecule has 0 fully saturated rings. The zero-order valence-corrected chi connectivity index (χ0v) is 11.3. The molecule has 94 valence electrons. The van der Waals surface area contributed by atoms with Crippen molar-refractivity contribution in [2.75, 3.05) is 6.61 Å². The first kappa shape index (κ1) is 13.8. The summed E-state index contributed by atoms with van der Waals surface area (Å²) in [7, 11) is 0. The van der Waals surface area contributed by atoms with E-state index < -0.39 is 0 Å². The van der Waals surface area contributed by atoms with Crippen molar-refractivity contribution in [3.8, 4) is 5.75 Å². The average molecular weight is 232 g/mol. The average Bonchev–Trinajstić information content (AvgIpc) is 2.34. The summed E-state index contributed by atoms with van der Waals surface area (Å²) in [5.74, 6) is 1.57. The fraction of sp³-hybridized carbons (Fsp3) is 0.500. The fourth-order valence-corrected chi connectivity index (χ4v) is 2.05. The first-order chi connectivity index (χ1) is 8.22. The molecule has 1 unspecified atom stereocenters. The van der Waals surface area contributed by atoms with E-state index in [1.54, 1.807) is 0 Å². The maximum atomic E-state index is 5.84. The number of ether oxygens (including phenoxy) is 1. The molecule has 0 aliphatic heterocycles. The topological polar surface area (TPSA) is 9.23 Å². The van der Waals surface area contributed by atoms with Crippen molar-refractivity contribution in [1.82, 2.24) is 0 Å². The number of hydrogen-bond donors (Lipinski definition) is 0. The molecule has 1 aromatic rings. The first-order valence-corrected chi connectivity index (χ1v) is 6.57. The highest BCUT2D eigenvalue weighted by molar-refractivity contribution is 5.39. The van der Waals surface area contributed by atoms with Crippen LogP contribution in [0.25, 0.3) is 0 Å². The van der Waals surface area contributed by atoms with E-state index in [0.717, 1.165) is 31.6 Å². The third-order valence-electron chi connectivity index (χ3n) is 3.01. The second kappa shape index (κ2) is 7.16. The molecule has 0 aromatic heterocycles. The number of allylic oxidation sites excluding steroid dienone is 1. The Morgan fingerprint density at radius 3 is 2.71 bits per heavy atom. The van der Waals surface area contributed by atoms with Crippen LogP contribution in [0.1, 0.15) is 50.2 Å². The third-order valence-corrected chi connectivity index (χ3v) is 3.01. The minimum Gasteiger partial charge on any atom is -0.493 e. The van der Waals surface area contributed by atoms with E-state index >= 15 is 0 Å². The van der Waals surface area contributed by atoms with E-state index in [0.29, 0.717) is 5.92 Å². The molecule has 0 spiro atoms. The van der Waals surface area contributed by atoms with Crippen LogP contribution in [0, 0.1) is 6.92 Å². The van der Waals surface area contributed by atoms with E-state index in [-0.39, 0.29) is 0 Å². The zero-order valence-electron chi connectivity index (χ0n) is 11.3. The van der Waals surface area contributed by atoms with Crippen LogP contribution < -0.4 is 4.74 Å². The van der Waals surface area contributed by atoms with Gasteiger partial charge in [0.2, 0.25) is 0 Å². The van der Waals surface area contributed by atoms with Gasteiger partial charge in [-0.25, -0.2) is 0 Å². The Balaban J connectivity index is 2.99. The van der Waals surface area contributed by atoms with E-state index in [9.17, 15) is 0 Å². The van der Waals surface area contributed by atoms with Crippen LogP contribution in [-0.2, 0) is 0 Å². The van der Waals surface area contributed by atoms with Gasteiger partial charge in [0.15, 0.2) is 0 Å². The van der Waals surface area contributed by atoms with E-state index in [1.807, 2.05) is 6.08 Å². The highest BCUT2D eigenvalue weighted by Gasteiger charge is 2.13. The lowest BCUT2D eigenvalue weighted by Crippen LogP contribution is -2.03. The minimum atomic E-state index is 0.527. The van der Waals surface area contributed by atoms with Crippen molar-refractivity contribution < 1.29 is 4.74 Å². The Labute approximate surface area is 106 Å². The SMILES string of the molecule is C=CCC(CC)c1cc(C)ccc1OCCC. The summed E-state index contributed by atoms with van der Waals surface area (Å²) in [6.45, 7) is 11.1. The zero-order chi connectivity index (χ0) is 12.7. The molecule has 17 heavy (non-hydrogen) atoms. The molecule has 0 saturated heterocycles. The summed E-state index contributed by atoms with van der Waals surface area (Å²) in [5.41, 5.74) is 2.63. The molecule has 0 N–H and O–H groups in total. The first-order valence-electron chi connectivity index (χ1n) is 6.57. The lowest BCUT2D eigenvalue weighted by molar-refractivity contribution is 0.311. The molecule has 0 radical (unpaired) electrons. The van der Waals surface area contributed by atoms with Crippen molar-refractivity contribution in [2.24, 2.45) is 0 Å². The molecular weight excluding hydrogens is 208 g/mol. The van der Waals surface area contributed by atoms with Crippen molar-refractivity contribution in [1.29, 1.82) is 0 Å². The van der Waals surface area contributed by atoms with Gasteiger partial charge in [0.1, 0.15) is 5.75 Å². The minimum absolute atomic E-state index is 0.527. The lowest BCUT2D eigenvalue weighted by atomic mass is 9.91. The van der Waals surface area contributed by atoms with Crippen LogP contribution in [0.15, 0.2) is 30.9 Å². The van der Waals surface area contributed by atoms with Crippen LogP contribution in [-0.4, -0.2) is 6.61 Å². The summed E-state index contributed by atoms with van der Waals surface area (Å²) >= 11 is 0. The largest absolute Gasteiger partial charge is 0.493 e. The van der Waals surface area contributed by atoms with Gasteiger partial charge in [-0.05, 0) is 43.7 Å². The van der Waals surface area contributed by atoms with Crippen molar-refractivity contribution >= 4 is 0 Å². The van der Waals surface area contributed by atoms with Crippen molar-refractivity contribution in [2.45, 2.75) is 46.0 Å². The Morgan fingerprint density at radius 2 is 2.12 bits per heavy atom. The second-order valence-electron chi connectivity index (χ2n) is 4.52. The summed E-state index contributed by atoms with van der Waals surface area (Å²) in [4.78, 5) is 0. The molecule has 1 rings (SSSR count). The monoisotopic (exact) mass is 232 g/mol. The van der Waals surface area contributed by atoms with Gasteiger partial charge in [-0.1, -0.05) is 37.6 Å². The molecule has 0 heterocycles. The number of benzene rings is 1. The normalized spacial score (nSPS) is 12.2. The molecule has 0 saturated carbocycles. The lowest BCUT2D eigenvalue weighted by Gasteiger charge is -2.18. The van der Waals surface area contributed by atoms with Gasteiger partial charge in [0.05, 0.1) is 6.61 Å². The van der Waals surface area contributed by atoms with Crippen LogP contribution in [0.2, 0.25) is 0 Å². The van der Waals surface area contributed by atoms with E-state index in [4.69, 9.17) is 4.74 Å². The predicted octanol–water partition coefficient (Wildman–Crippen LogP) is 4.85. The van der Waals surface area contributed by atoms with Crippen molar-refractivity contribution in [3.63, 3.8) is 0 Å². The smallest absolute Gasteiger partial charge is 0.122 e.